The van der Waals surface area contributed by atoms with Gasteiger partial charge < -0.3 is 14.4 Å². The van der Waals surface area contributed by atoms with Crippen molar-refractivity contribution in [1.82, 2.24) is 0 Å². The topological polar surface area (TPSA) is 67.9 Å². The van der Waals surface area contributed by atoms with Gasteiger partial charge >= 0.3 is 0 Å². The minimum Gasteiger partial charge on any atom is -0.495 e. The standard InChI is InChI=1S/C17H19ClN2O4S2/c1-20-6-7-25-17-5-4-11(8-14(17)20)26(21,22)19-13-9-12(18)15(23-2)10-16(13)24-3/h4-5,8-10,19H,6-7H2,1-3H3. The molecule has 3 rings (SSSR count). The number of hydrogen-bond acceptors (Lipinski definition) is 6. The zero-order valence-corrected chi connectivity index (χ0v) is 17.0. The number of halogens is 1. The predicted molar refractivity (Wildman–Crippen MR) is 106 cm³/mol. The summed E-state index contributed by atoms with van der Waals surface area (Å²) in [6, 6.07) is 8.13. The highest BCUT2D eigenvalue weighted by Gasteiger charge is 2.22. The maximum absolute atomic E-state index is 12.9. The number of sulfonamides is 1. The van der Waals surface area contributed by atoms with Gasteiger partial charge in [-0.2, -0.15) is 0 Å². The fourth-order valence-electron chi connectivity index (χ4n) is 2.64. The fourth-order valence-corrected chi connectivity index (χ4v) is 5.07. The molecule has 0 spiro atoms. The van der Waals surface area contributed by atoms with Crippen LogP contribution >= 0.6 is 23.4 Å². The molecule has 2 aromatic carbocycles. The van der Waals surface area contributed by atoms with Gasteiger partial charge in [-0.3, -0.25) is 4.72 Å². The molecule has 0 saturated carbocycles. The lowest BCUT2D eigenvalue weighted by Crippen LogP contribution is -2.24. The van der Waals surface area contributed by atoms with Crippen molar-refractivity contribution in [2.75, 3.05) is 43.2 Å². The first-order valence-electron chi connectivity index (χ1n) is 7.78. The summed E-state index contributed by atoms with van der Waals surface area (Å²) in [5.74, 6) is 1.70. The van der Waals surface area contributed by atoms with E-state index in [-0.39, 0.29) is 15.6 Å². The molecule has 0 fully saturated rings. The van der Waals surface area contributed by atoms with Gasteiger partial charge in [0.05, 0.1) is 35.5 Å². The molecular weight excluding hydrogens is 396 g/mol. The van der Waals surface area contributed by atoms with Gasteiger partial charge in [-0.05, 0) is 24.3 Å². The molecule has 0 bridgehead atoms. The van der Waals surface area contributed by atoms with E-state index in [0.29, 0.717) is 11.5 Å². The Morgan fingerprint density at radius 2 is 1.88 bits per heavy atom. The first kappa shape index (κ1) is 19.0. The molecule has 1 heterocycles. The van der Waals surface area contributed by atoms with Crippen LogP contribution in [0.4, 0.5) is 11.4 Å². The molecule has 0 saturated heterocycles. The Labute approximate surface area is 162 Å². The summed E-state index contributed by atoms with van der Waals surface area (Å²) in [6.45, 7) is 0.872. The number of hydrogen-bond donors (Lipinski definition) is 1. The summed E-state index contributed by atoms with van der Waals surface area (Å²) in [6.07, 6.45) is 0. The third kappa shape index (κ3) is 3.67. The minimum atomic E-state index is -3.80. The average Bonchev–Trinajstić information content (AvgIpc) is 2.62. The number of methoxy groups -OCH3 is 2. The largest absolute Gasteiger partial charge is 0.495 e. The highest BCUT2D eigenvalue weighted by molar-refractivity contribution is 7.99. The molecule has 2 aromatic rings. The molecule has 26 heavy (non-hydrogen) atoms. The maximum atomic E-state index is 12.9. The Balaban J connectivity index is 1.97. The number of nitrogens with one attached hydrogen (secondary N) is 1. The van der Waals surface area contributed by atoms with Crippen LogP contribution in [-0.4, -0.2) is 42.0 Å². The monoisotopic (exact) mass is 414 g/mol. The maximum Gasteiger partial charge on any atom is 0.262 e. The zero-order valence-electron chi connectivity index (χ0n) is 14.6. The van der Waals surface area contributed by atoms with E-state index in [9.17, 15) is 8.42 Å². The second-order valence-corrected chi connectivity index (χ2v) is 8.92. The van der Waals surface area contributed by atoms with Crippen molar-refractivity contribution < 1.29 is 17.9 Å². The van der Waals surface area contributed by atoms with Crippen LogP contribution in [0.3, 0.4) is 0 Å². The Bertz CT molecular complexity index is 935. The van der Waals surface area contributed by atoms with Crippen molar-refractivity contribution in [2.45, 2.75) is 9.79 Å². The first-order chi connectivity index (χ1) is 12.4. The fraction of sp³-hybridized carbons (Fsp3) is 0.294. The number of anilines is 2. The number of fused-ring (bicyclic) bond motifs is 1. The van der Waals surface area contributed by atoms with E-state index in [2.05, 4.69) is 9.62 Å². The van der Waals surface area contributed by atoms with Gasteiger partial charge in [0, 0.05) is 30.3 Å². The molecule has 1 aliphatic heterocycles. The van der Waals surface area contributed by atoms with E-state index in [1.807, 2.05) is 13.1 Å². The van der Waals surface area contributed by atoms with Crippen molar-refractivity contribution in [2.24, 2.45) is 0 Å². The summed E-state index contributed by atoms with van der Waals surface area (Å²) >= 11 is 7.84. The van der Waals surface area contributed by atoms with Gasteiger partial charge in [0.2, 0.25) is 0 Å². The second kappa shape index (κ2) is 7.46. The average molecular weight is 415 g/mol. The molecule has 0 aliphatic carbocycles. The Morgan fingerprint density at radius 3 is 2.58 bits per heavy atom. The van der Waals surface area contributed by atoms with Crippen molar-refractivity contribution in [3.63, 3.8) is 0 Å². The third-order valence-corrected chi connectivity index (χ3v) is 6.76. The van der Waals surface area contributed by atoms with Crippen LogP contribution in [-0.2, 0) is 10.0 Å². The van der Waals surface area contributed by atoms with Crippen LogP contribution in [0.1, 0.15) is 0 Å². The summed E-state index contributed by atoms with van der Waals surface area (Å²) < 4.78 is 38.7. The first-order valence-corrected chi connectivity index (χ1v) is 10.6. The number of ether oxygens (including phenoxy) is 2. The quantitative estimate of drug-likeness (QED) is 0.804. The van der Waals surface area contributed by atoms with E-state index >= 15 is 0 Å². The van der Waals surface area contributed by atoms with E-state index in [0.717, 1.165) is 22.9 Å². The summed E-state index contributed by atoms with van der Waals surface area (Å²) in [5, 5.41) is 0.285. The van der Waals surface area contributed by atoms with E-state index in [1.165, 1.54) is 26.4 Å². The molecular formula is C17H19ClN2O4S2. The van der Waals surface area contributed by atoms with E-state index < -0.39 is 10.0 Å². The predicted octanol–water partition coefficient (Wildman–Crippen LogP) is 3.70. The Hall–Kier alpha value is -1.77. The molecule has 9 heteroatoms. The third-order valence-electron chi connectivity index (χ3n) is 4.05. The minimum absolute atomic E-state index is 0.180. The van der Waals surface area contributed by atoms with Gasteiger partial charge in [-0.15, -0.1) is 11.8 Å². The highest BCUT2D eigenvalue weighted by atomic mass is 35.5. The molecule has 0 radical (unpaired) electrons. The Morgan fingerprint density at radius 1 is 1.15 bits per heavy atom. The molecule has 0 amide bonds. The van der Waals surface area contributed by atoms with Gasteiger partial charge in [0.25, 0.3) is 10.0 Å². The van der Waals surface area contributed by atoms with Gasteiger partial charge in [-0.1, -0.05) is 11.6 Å². The molecule has 0 unspecified atom stereocenters. The summed E-state index contributed by atoms with van der Waals surface area (Å²) in [5.41, 5.74) is 1.16. The lowest BCUT2D eigenvalue weighted by atomic mass is 10.3. The van der Waals surface area contributed by atoms with Crippen LogP contribution in [0.2, 0.25) is 5.02 Å². The zero-order chi connectivity index (χ0) is 18.9. The molecule has 6 nitrogen and oxygen atoms in total. The van der Waals surface area contributed by atoms with Crippen LogP contribution in [0, 0.1) is 0 Å². The summed E-state index contributed by atoms with van der Waals surface area (Å²) in [4.78, 5) is 3.30. The molecule has 1 N–H and O–H groups in total. The van der Waals surface area contributed by atoms with E-state index in [4.69, 9.17) is 21.1 Å². The summed E-state index contributed by atoms with van der Waals surface area (Å²) in [7, 11) is 1.08. The van der Waals surface area contributed by atoms with Crippen LogP contribution in [0.25, 0.3) is 0 Å². The van der Waals surface area contributed by atoms with Crippen LogP contribution < -0.4 is 19.1 Å². The van der Waals surface area contributed by atoms with Gasteiger partial charge in [0.1, 0.15) is 11.5 Å². The van der Waals surface area contributed by atoms with E-state index in [1.54, 1.807) is 23.9 Å². The van der Waals surface area contributed by atoms with Crippen LogP contribution in [0.15, 0.2) is 40.1 Å². The Kier molecular flexibility index (Phi) is 5.45. The van der Waals surface area contributed by atoms with Crippen molar-refractivity contribution in [3.05, 3.63) is 35.4 Å². The molecule has 0 atom stereocenters. The molecule has 0 aromatic heterocycles. The van der Waals surface area contributed by atoms with Crippen molar-refractivity contribution >= 4 is 44.8 Å². The van der Waals surface area contributed by atoms with Gasteiger partial charge in [-0.25, -0.2) is 8.42 Å². The number of benzene rings is 2. The van der Waals surface area contributed by atoms with Gasteiger partial charge in [0.15, 0.2) is 0 Å². The van der Waals surface area contributed by atoms with Crippen LogP contribution in [0.5, 0.6) is 11.5 Å². The number of thioether (sulfide) groups is 1. The highest BCUT2D eigenvalue weighted by Crippen LogP contribution is 2.38. The number of rotatable bonds is 5. The normalized spacial score (nSPS) is 13.9. The second-order valence-electron chi connectivity index (χ2n) is 5.69. The van der Waals surface area contributed by atoms with Crippen molar-refractivity contribution in [1.29, 1.82) is 0 Å². The SMILES string of the molecule is COc1cc(OC)c(NS(=O)(=O)c2ccc3c(c2)N(C)CCS3)cc1Cl. The lowest BCUT2D eigenvalue weighted by molar-refractivity contribution is 0.396. The number of nitrogens with zero attached hydrogens (tertiary/aromatic N) is 1. The lowest BCUT2D eigenvalue weighted by Gasteiger charge is -2.27. The molecule has 1 aliphatic rings. The smallest absolute Gasteiger partial charge is 0.262 e. The molecule has 140 valence electrons. The van der Waals surface area contributed by atoms with Crippen molar-refractivity contribution in [3.8, 4) is 11.5 Å².